The van der Waals surface area contributed by atoms with E-state index in [1.807, 2.05) is 0 Å². The van der Waals surface area contributed by atoms with Crippen molar-refractivity contribution in [3.05, 3.63) is 0 Å². The molecular formula is C5H6ClF5. The summed E-state index contributed by atoms with van der Waals surface area (Å²) in [7, 11) is 0. The van der Waals surface area contributed by atoms with Crippen LogP contribution in [0.2, 0.25) is 0 Å². The summed E-state index contributed by atoms with van der Waals surface area (Å²) in [5.41, 5.74) is -3.09. The molecule has 1 atom stereocenters. The summed E-state index contributed by atoms with van der Waals surface area (Å²) in [5, 5.41) is -4.23. The van der Waals surface area contributed by atoms with Crippen LogP contribution in [0.3, 0.4) is 0 Å². The molecule has 0 aromatic carbocycles. The van der Waals surface area contributed by atoms with Crippen molar-refractivity contribution >= 4 is 11.6 Å². The molecule has 1 unspecified atom stereocenters. The van der Waals surface area contributed by atoms with Gasteiger partial charge in [0.05, 0.1) is 0 Å². The zero-order valence-electron chi connectivity index (χ0n) is 5.55. The van der Waals surface area contributed by atoms with E-state index in [0.717, 1.165) is 0 Å². The van der Waals surface area contributed by atoms with Gasteiger partial charge >= 0.3 is 5.38 Å². The molecule has 0 spiro atoms. The largest absolute Gasteiger partial charge is 0.334 e. The quantitative estimate of drug-likeness (QED) is 0.481. The molecule has 68 valence electrons. The van der Waals surface area contributed by atoms with E-state index in [9.17, 15) is 22.0 Å². The summed E-state index contributed by atoms with van der Waals surface area (Å²) in [5.74, 6) is 0. The average molecular weight is 197 g/mol. The Bertz CT molecular complexity index is 131. The zero-order valence-corrected chi connectivity index (χ0v) is 6.31. The minimum Gasteiger partial charge on any atom is -0.250 e. The van der Waals surface area contributed by atoms with Crippen LogP contribution >= 0.6 is 11.6 Å². The molecule has 0 aromatic heterocycles. The van der Waals surface area contributed by atoms with Crippen LogP contribution < -0.4 is 0 Å². The number of hydrogen-bond acceptors (Lipinski definition) is 0. The second kappa shape index (κ2) is 3.13. The molecule has 0 heterocycles. The highest BCUT2D eigenvalue weighted by Gasteiger charge is 2.55. The summed E-state index contributed by atoms with van der Waals surface area (Å²) in [4.78, 5) is 0. The molecule has 0 aromatic rings. The van der Waals surface area contributed by atoms with Crippen molar-refractivity contribution < 1.29 is 22.0 Å². The van der Waals surface area contributed by atoms with Gasteiger partial charge < -0.3 is 0 Å². The minimum absolute atomic E-state index is 0.394. The molecule has 0 nitrogen and oxygen atoms in total. The Balaban J connectivity index is 4.61. The monoisotopic (exact) mass is 196 g/mol. The van der Waals surface area contributed by atoms with Gasteiger partial charge in [0.2, 0.25) is 0 Å². The third kappa shape index (κ3) is 1.95. The molecule has 0 radical (unpaired) electrons. The lowest BCUT2D eigenvalue weighted by atomic mass is 9.93. The van der Waals surface area contributed by atoms with E-state index in [1.54, 1.807) is 0 Å². The molecule has 0 rings (SSSR count). The molecule has 0 saturated heterocycles. The van der Waals surface area contributed by atoms with E-state index >= 15 is 0 Å². The van der Waals surface area contributed by atoms with Crippen LogP contribution in [0, 0.1) is 5.41 Å². The summed E-state index contributed by atoms with van der Waals surface area (Å²) in [6, 6.07) is 0. The van der Waals surface area contributed by atoms with Gasteiger partial charge in [0.25, 0.3) is 6.43 Å². The van der Waals surface area contributed by atoms with Crippen molar-refractivity contribution in [2.75, 3.05) is 6.67 Å². The molecule has 0 amide bonds. The lowest BCUT2D eigenvalue weighted by Crippen LogP contribution is -2.42. The van der Waals surface area contributed by atoms with E-state index in [0.29, 0.717) is 6.92 Å². The van der Waals surface area contributed by atoms with E-state index in [4.69, 9.17) is 0 Å². The van der Waals surface area contributed by atoms with Gasteiger partial charge in [-0.3, -0.25) is 0 Å². The van der Waals surface area contributed by atoms with Gasteiger partial charge in [-0.05, 0) is 18.5 Å². The van der Waals surface area contributed by atoms with Gasteiger partial charge in [-0.2, -0.15) is 8.78 Å². The zero-order chi connectivity index (χ0) is 9.28. The van der Waals surface area contributed by atoms with Gasteiger partial charge in [0.15, 0.2) is 0 Å². The lowest BCUT2D eigenvalue weighted by Gasteiger charge is -2.29. The maximum Gasteiger partial charge on any atom is 0.334 e. The summed E-state index contributed by atoms with van der Waals surface area (Å²) >= 11 is 4.28. The number of hydrogen-bond donors (Lipinski definition) is 0. The third-order valence-electron chi connectivity index (χ3n) is 1.41. The van der Waals surface area contributed by atoms with Gasteiger partial charge in [0, 0.05) is 0 Å². The van der Waals surface area contributed by atoms with Gasteiger partial charge in [-0.1, -0.05) is 0 Å². The normalized spacial score (nSPS) is 18.5. The fourth-order valence-electron chi connectivity index (χ4n) is 0.258. The first-order valence-corrected chi connectivity index (χ1v) is 3.04. The number of halogens is 6. The fourth-order valence-corrected chi connectivity index (χ4v) is 0.391. The molecule has 0 N–H and O–H groups in total. The highest BCUT2D eigenvalue weighted by Crippen LogP contribution is 2.44. The SMILES string of the molecule is CC(CF)(C(F)F)C(F)(F)Cl. The second-order valence-corrected chi connectivity index (χ2v) is 2.82. The van der Waals surface area contributed by atoms with E-state index in [2.05, 4.69) is 11.6 Å². The summed E-state index contributed by atoms with van der Waals surface area (Å²) in [6.45, 7) is -1.47. The van der Waals surface area contributed by atoms with Crippen LogP contribution in [0.15, 0.2) is 0 Å². The average Bonchev–Trinajstić information content (AvgIpc) is 1.83. The first kappa shape index (κ1) is 10.9. The van der Waals surface area contributed by atoms with Crippen LogP contribution in [0.4, 0.5) is 22.0 Å². The predicted molar refractivity (Wildman–Crippen MR) is 30.9 cm³/mol. The molecule has 0 bridgehead atoms. The van der Waals surface area contributed by atoms with Crippen LogP contribution in [-0.4, -0.2) is 18.5 Å². The maximum absolute atomic E-state index is 12.1. The van der Waals surface area contributed by atoms with Crippen LogP contribution in [0.1, 0.15) is 6.92 Å². The van der Waals surface area contributed by atoms with Gasteiger partial charge in [-0.15, -0.1) is 0 Å². The molecule has 0 aliphatic carbocycles. The van der Waals surface area contributed by atoms with Crippen LogP contribution in [-0.2, 0) is 0 Å². The van der Waals surface area contributed by atoms with E-state index in [1.165, 1.54) is 0 Å². The predicted octanol–water partition coefficient (Wildman–Crippen LogP) is 3.06. The van der Waals surface area contributed by atoms with Crippen molar-refractivity contribution in [2.24, 2.45) is 5.41 Å². The highest BCUT2D eigenvalue weighted by atomic mass is 35.5. The first-order chi connectivity index (χ1) is 4.75. The molecule has 0 fully saturated rings. The van der Waals surface area contributed by atoms with Crippen molar-refractivity contribution in [1.29, 1.82) is 0 Å². The Hall–Kier alpha value is -0.0600. The van der Waals surface area contributed by atoms with E-state index < -0.39 is 23.9 Å². The maximum atomic E-state index is 12.1. The van der Waals surface area contributed by atoms with Crippen molar-refractivity contribution in [3.8, 4) is 0 Å². The number of rotatable bonds is 3. The number of alkyl halides is 6. The van der Waals surface area contributed by atoms with Crippen molar-refractivity contribution in [3.63, 3.8) is 0 Å². The molecule has 11 heavy (non-hydrogen) atoms. The standard InChI is InChI=1S/C5H6ClF5/c1-4(2-7,3(8)9)5(6,10)11/h3H,2H2,1H3. The Morgan fingerprint density at radius 3 is 1.73 bits per heavy atom. The summed E-state index contributed by atoms with van der Waals surface area (Å²) in [6.07, 6.45) is -3.49. The summed E-state index contributed by atoms with van der Waals surface area (Å²) < 4.78 is 59.4. The fraction of sp³-hybridized carbons (Fsp3) is 1.00. The van der Waals surface area contributed by atoms with Gasteiger partial charge in [-0.25, -0.2) is 13.2 Å². The van der Waals surface area contributed by atoms with Crippen molar-refractivity contribution in [2.45, 2.75) is 18.7 Å². The Labute approximate surface area is 65.3 Å². The van der Waals surface area contributed by atoms with Crippen LogP contribution in [0.5, 0.6) is 0 Å². The van der Waals surface area contributed by atoms with Gasteiger partial charge in [0.1, 0.15) is 12.1 Å². The second-order valence-electron chi connectivity index (χ2n) is 2.35. The Morgan fingerprint density at radius 2 is 1.73 bits per heavy atom. The first-order valence-electron chi connectivity index (χ1n) is 2.66. The Kier molecular flexibility index (Phi) is 3.11. The molecule has 0 saturated carbocycles. The Morgan fingerprint density at radius 1 is 1.36 bits per heavy atom. The third-order valence-corrected chi connectivity index (χ3v) is 1.84. The van der Waals surface area contributed by atoms with E-state index in [-0.39, 0.29) is 0 Å². The topological polar surface area (TPSA) is 0 Å². The minimum atomic E-state index is -4.23. The molecule has 6 heteroatoms. The van der Waals surface area contributed by atoms with Crippen molar-refractivity contribution in [1.82, 2.24) is 0 Å². The molecule has 0 aliphatic rings. The lowest BCUT2D eigenvalue weighted by molar-refractivity contribution is -0.134. The van der Waals surface area contributed by atoms with Crippen LogP contribution in [0.25, 0.3) is 0 Å². The smallest absolute Gasteiger partial charge is 0.250 e. The molecular weight excluding hydrogens is 190 g/mol. The highest BCUT2D eigenvalue weighted by molar-refractivity contribution is 6.22. The molecule has 0 aliphatic heterocycles.